The van der Waals surface area contributed by atoms with Crippen LogP contribution >= 0.6 is 0 Å². The minimum absolute atomic E-state index is 0.302. The third-order valence-electron chi connectivity index (χ3n) is 4.67. The van der Waals surface area contributed by atoms with Crippen molar-refractivity contribution < 1.29 is 23.9 Å². The van der Waals surface area contributed by atoms with Gasteiger partial charge in [0.15, 0.2) is 0 Å². The topological polar surface area (TPSA) is 67.8 Å². The number of carboxylic acid groups (broad SMARTS) is 1. The second-order valence-corrected chi connectivity index (χ2v) is 6.58. The van der Waals surface area contributed by atoms with E-state index in [2.05, 4.69) is 5.48 Å². The van der Waals surface area contributed by atoms with E-state index < -0.39 is 17.2 Å². The molecule has 0 amide bonds. The molecule has 0 fully saturated rings. The predicted molar refractivity (Wildman–Crippen MR) is 94.3 cm³/mol. The van der Waals surface area contributed by atoms with Crippen molar-refractivity contribution in [2.45, 2.75) is 37.9 Å². The van der Waals surface area contributed by atoms with Crippen LogP contribution in [0.1, 0.15) is 30.9 Å². The molecule has 2 aromatic rings. The highest BCUT2D eigenvalue weighted by atomic mass is 19.1. The van der Waals surface area contributed by atoms with E-state index in [0.717, 1.165) is 5.56 Å². The van der Waals surface area contributed by atoms with Crippen molar-refractivity contribution in [1.29, 1.82) is 0 Å². The average Bonchev–Trinajstić information content (AvgIpc) is 2.61. The van der Waals surface area contributed by atoms with Crippen LogP contribution in [0.15, 0.2) is 48.5 Å². The fourth-order valence-electron chi connectivity index (χ4n) is 3.44. The van der Waals surface area contributed by atoms with Gasteiger partial charge in [-0.05, 0) is 25.0 Å². The maximum atomic E-state index is 13.5. The summed E-state index contributed by atoms with van der Waals surface area (Å²) in [7, 11) is 0. The van der Waals surface area contributed by atoms with E-state index in [1.54, 1.807) is 6.92 Å². The van der Waals surface area contributed by atoms with Crippen LogP contribution in [0.2, 0.25) is 0 Å². The Hall–Kier alpha value is -2.44. The fraction of sp³-hybridized carbons (Fsp3) is 0.350. The number of aliphatic carboxylic acids is 1. The molecule has 0 saturated carbocycles. The molecule has 1 heterocycles. The number of hydrogen-bond acceptors (Lipinski definition) is 4. The molecule has 0 aliphatic carbocycles. The Balaban J connectivity index is 1.68. The number of hydrogen-bond donors (Lipinski definition) is 2. The zero-order valence-corrected chi connectivity index (χ0v) is 14.6. The molecule has 0 aromatic heterocycles. The summed E-state index contributed by atoms with van der Waals surface area (Å²) in [6, 6.07) is 13.7. The summed E-state index contributed by atoms with van der Waals surface area (Å²) in [5, 5.41) is 9.94. The Labute approximate surface area is 151 Å². The molecule has 2 atom stereocenters. The van der Waals surface area contributed by atoms with Gasteiger partial charge in [-0.3, -0.25) is 9.63 Å². The maximum Gasteiger partial charge on any atom is 0.314 e. The molecule has 138 valence electrons. The third-order valence-corrected chi connectivity index (χ3v) is 4.67. The lowest BCUT2D eigenvalue weighted by atomic mass is 9.71. The van der Waals surface area contributed by atoms with Gasteiger partial charge in [0, 0.05) is 24.6 Å². The molecular formula is C20H22FNO4. The highest BCUT2D eigenvalue weighted by molar-refractivity contribution is 5.83. The number of carboxylic acids is 1. The first-order chi connectivity index (χ1) is 12.5. The monoisotopic (exact) mass is 359 g/mol. The molecule has 0 unspecified atom stereocenters. The van der Waals surface area contributed by atoms with Gasteiger partial charge in [-0.1, -0.05) is 36.4 Å². The van der Waals surface area contributed by atoms with E-state index in [1.165, 1.54) is 18.2 Å². The van der Waals surface area contributed by atoms with E-state index in [1.807, 2.05) is 30.3 Å². The lowest BCUT2D eigenvalue weighted by Gasteiger charge is -2.38. The van der Waals surface area contributed by atoms with Crippen LogP contribution < -0.4 is 10.2 Å². The summed E-state index contributed by atoms with van der Waals surface area (Å²) in [5.74, 6) is -1.08. The summed E-state index contributed by atoms with van der Waals surface area (Å²) in [5.41, 5.74) is 3.23. The van der Waals surface area contributed by atoms with E-state index in [4.69, 9.17) is 9.57 Å². The second kappa shape index (κ2) is 7.85. The van der Waals surface area contributed by atoms with Crippen LogP contribution in [0, 0.1) is 5.82 Å². The predicted octanol–water partition coefficient (Wildman–Crippen LogP) is 3.43. The van der Waals surface area contributed by atoms with E-state index >= 15 is 0 Å². The van der Waals surface area contributed by atoms with Crippen LogP contribution in [0.5, 0.6) is 5.75 Å². The Bertz CT molecular complexity index is 768. The largest absolute Gasteiger partial charge is 0.490 e. The van der Waals surface area contributed by atoms with Gasteiger partial charge in [0.25, 0.3) is 0 Å². The lowest BCUT2D eigenvalue weighted by Crippen LogP contribution is -2.45. The SMILES string of the molecule is C[C@H]1C[C@](CCNOCc2ccccc2)(C(=O)O)c2ccc(F)cc2O1. The third kappa shape index (κ3) is 3.86. The Morgan fingerprint density at radius 2 is 2.12 bits per heavy atom. The normalized spacial score (nSPS) is 21.7. The van der Waals surface area contributed by atoms with Crippen molar-refractivity contribution in [3.8, 4) is 5.75 Å². The number of rotatable bonds is 7. The van der Waals surface area contributed by atoms with Crippen molar-refractivity contribution in [3.63, 3.8) is 0 Å². The van der Waals surface area contributed by atoms with Gasteiger partial charge >= 0.3 is 5.97 Å². The van der Waals surface area contributed by atoms with Crippen molar-refractivity contribution in [3.05, 3.63) is 65.5 Å². The van der Waals surface area contributed by atoms with Gasteiger partial charge in [0.1, 0.15) is 17.0 Å². The molecule has 6 heteroatoms. The van der Waals surface area contributed by atoms with Gasteiger partial charge in [-0.15, -0.1) is 0 Å². The molecule has 1 aliphatic heterocycles. The van der Waals surface area contributed by atoms with Gasteiger partial charge in [0.2, 0.25) is 0 Å². The van der Waals surface area contributed by atoms with Crippen LogP contribution in [-0.2, 0) is 21.7 Å². The number of hydroxylamine groups is 1. The summed E-state index contributed by atoms with van der Waals surface area (Å²) in [6.07, 6.45) is 0.316. The quantitative estimate of drug-likeness (QED) is 0.586. The smallest absolute Gasteiger partial charge is 0.314 e. The first kappa shape index (κ1) is 18.4. The first-order valence-corrected chi connectivity index (χ1v) is 8.60. The molecule has 3 rings (SSSR count). The van der Waals surface area contributed by atoms with Crippen molar-refractivity contribution in [2.24, 2.45) is 0 Å². The molecule has 0 radical (unpaired) electrons. The molecule has 5 nitrogen and oxygen atoms in total. The van der Waals surface area contributed by atoms with Gasteiger partial charge in [-0.25, -0.2) is 9.87 Å². The minimum atomic E-state index is -1.14. The molecule has 2 aromatic carbocycles. The van der Waals surface area contributed by atoms with E-state index in [0.29, 0.717) is 37.3 Å². The zero-order valence-electron chi connectivity index (χ0n) is 14.6. The molecule has 0 saturated heterocycles. The average molecular weight is 359 g/mol. The summed E-state index contributed by atoms with van der Waals surface area (Å²) in [6.45, 7) is 2.54. The molecule has 1 aliphatic rings. The number of carbonyl (C=O) groups is 1. The van der Waals surface area contributed by atoms with Gasteiger partial charge < -0.3 is 9.84 Å². The number of nitrogens with one attached hydrogen (secondary N) is 1. The number of halogens is 1. The fourth-order valence-corrected chi connectivity index (χ4v) is 3.44. The molecule has 26 heavy (non-hydrogen) atoms. The Morgan fingerprint density at radius 1 is 1.35 bits per heavy atom. The molecule has 0 bridgehead atoms. The number of benzene rings is 2. The standard InChI is InChI=1S/C20H22FNO4/c1-14-12-20(19(23)24,17-8-7-16(21)11-18(17)26-14)9-10-22-25-13-15-5-3-2-4-6-15/h2-8,11,14,22H,9-10,12-13H2,1H3,(H,23,24)/t14-,20-/m0/s1. The van der Waals surface area contributed by atoms with Crippen molar-refractivity contribution in [2.75, 3.05) is 6.54 Å². The minimum Gasteiger partial charge on any atom is -0.490 e. The highest BCUT2D eigenvalue weighted by Crippen LogP contribution is 2.43. The van der Waals surface area contributed by atoms with Crippen molar-refractivity contribution in [1.82, 2.24) is 5.48 Å². The number of fused-ring (bicyclic) bond motifs is 1. The lowest BCUT2D eigenvalue weighted by molar-refractivity contribution is -0.146. The Kier molecular flexibility index (Phi) is 5.54. The van der Waals surface area contributed by atoms with Crippen molar-refractivity contribution >= 4 is 5.97 Å². The van der Waals surface area contributed by atoms with Gasteiger partial charge in [0.05, 0.1) is 12.7 Å². The van der Waals surface area contributed by atoms with Crippen LogP contribution in [0.25, 0.3) is 0 Å². The molecule has 2 N–H and O–H groups in total. The molecule has 0 spiro atoms. The Morgan fingerprint density at radius 3 is 2.85 bits per heavy atom. The maximum absolute atomic E-state index is 13.5. The van der Waals surface area contributed by atoms with E-state index in [9.17, 15) is 14.3 Å². The van der Waals surface area contributed by atoms with Crippen LogP contribution in [0.3, 0.4) is 0 Å². The van der Waals surface area contributed by atoms with Crippen LogP contribution in [-0.4, -0.2) is 23.7 Å². The van der Waals surface area contributed by atoms with E-state index in [-0.39, 0.29) is 6.10 Å². The van der Waals surface area contributed by atoms with Crippen LogP contribution in [0.4, 0.5) is 4.39 Å². The summed E-state index contributed by atoms with van der Waals surface area (Å²) < 4.78 is 19.2. The first-order valence-electron chi connectivity index (χ1n) is 8.60. The highest BCUT2D eigenvalue weighted by Gasteiger charge is 2.46. The number of ether oxygens (including phenoxy) is 1. The zero-order chi connectivity index (χ0) is 18.6. The molecular weight excluding hydrogens is 337 g/mol. The summed E-state index contributed by atoms with van der Waals surface area (Å²) >= 11 is 0. The second-order valence-electron chi connectivity index (χ2n) is 6.58. The summed E-state index contributed by atoms with van der Waals surface area (Å²) in [4.78, 5) is 17.6. The van der Waals surface area contributed by atoms with Gasteiger partial charge in [-0.2, -0.15) is 0 Å².